The zero-order valence-electron chi connectivity index (χ0n) is 18.5. The molecule has 0 bridgehead atoms. The molecule has 5 nitrogen and oxygen atoms in total. The highest BCUT2D eigenvalue weighted by molar-refractivity contribution is 7.89. The van der Waals surface area contributed by atoms with Gasteiger partial charge in [-0.2, -0.15) is 4.31 Å². The van der Waals surface area contributed by atoms with Gasteiger partial charge in [-0.05, 0) is 75.3 Å². The van der Waals surface area contributed by atoms with Crippen LogP contribution in [0.4, 0.5) is 10.1 Å². The van der Waals surface area contributed by atoms with Gasteiger partial charge in [-0.15, -0.1) is 0 Å². The van der Waals surface area contributed by atoms with Gasteiger partial charge in [-0.1, -0.05) is 36.4 Å². The summed E-state index contributed by atoms with van der Waals surface area (Å²) in [5.41, 5.74) is 1.91. The normalized spacial score (nSPS) is 28.2. The van der Waals surface area contributed by atoms with E-state index in [1.54, 1.807) is 6.07 Å². The van der Waals surface area contributed by atoms with Crippen molar-refractivity contribution in [2.45, 2.75) is 69.3 Å². The number of nitrogens with zero attached hydrogens (tertiary/aromatic N) is 1. The van der Waals surface area contributed by atoms with E-state index in [-0.39, 0.29) is 24.4 Å². The highest BCUT2D eigenvalue weighted by Gasteiger charge is 2.40. The maximum Gasteiger partial charge on any atom is 0.221 e. The zero-order chi connectivity index (χ0) is 22.7. The lowest BCUT2D eigenvalue weighted by Gasteiger charge is -2.37. The molecule has 2 aliphatic rings. The molecule has 4 rings (SSSR count). The quantitative estimate of drug-likeness (QED) is 0.563. The summed E-state index contributed by atoms with van der Waals surface area (Å²) in [6.45, 7) is 1.95. The van der Waals surface area contributed by atoms with Crippen molar-refractivity contribution in [2.24, 2.45) is 5.92 Å². The number of sulfonamides is 1. The molecule has 0 spiro atoms. The summed E-state index contributed by atoms with van der Waals surface area (Å²) in [5.74, 6) is -0.0206. The highest BCUT2D eigenvalue weighted by Crippen LogP contribution is 2.38. The molecule has 1 unspecified atom stereocenters. The Morgan fingerprint density at radius 3 is 2.44 bits per heavy atom. The molecule has 2 N–H and O–H groups in total. The summed E-state index contributed by atoms with van der Waals surface area (Å²) in [5, 5.41) is 10.2. The first-order chi connectivity index (χ1) is 15.4. The summed E-state index contributed by atoms with van der Waals surface area (Å²) in [6.07, 6.45) is 6.75. The van der Waals surface area contributed by atoms with E-state index in [9.17, 15) is 12.8 Å². The Kier molecular flexibility index (Phi) is 6.96. The predicted molar refractivity (Wildman–Crippen MR) is 127 cm³/mol. The lowest BCUT2D eigenvalue weighted by Crippen LogP contribution is -2.44. The molecule has 2 aromatic carbocycles. The molecule has 1 saturated heterocycles. The SMILES string of the molecule is C[C@H]1CCC(c2ccccc2)S(=O)(=O)N1Cc1ccc(N[C@H]2CC[C@@H](C=N)CC2)cc1F. The van der Waals surface area contributed by atoms with E-state index in [4.69, 9.17) is 5.41 Å². The Morgan fingerprint density at radius 1 is 1.06 bits per heavy atom. The third-order valence-corrected chi connectivity index (χ3v) is 9.32. The van der Waals surface area contributed by atoms with Crippen LogP contribution in [0.5, 0.6) is 0 Å². The van der Waals surface area contributed by atoms with Crippen LogP contribution in [0.15, 0.2) is 48.5 Å². The fourth-order valence-corrected chi connectivity index (χ4v) is 7.14. The molecule has 172 valence electrons. The first kappa shape index (κ1) is 22.9. The van der Waals surface area contributed by atoms with Crippen LogP contribution in [0, 0.1) is 17.1 Å². The summed E-state index contributed by atoms with van der Waals surface area (Å²) < 4.78 is 43.2. The van der Waals surface area contributed by atoms with Gasteiger partial charge in [0.15, 0.2) is 0 Å². The van der Waals surface area contributed by atoms with E-state index in [2.05, 4.69) is 5.32 Å². The minimum absolute atomic E-state index is 0.0450. The second-order valence-corrected chi connectivity index (χ2v) is 11.2. The van der Waals surface area contributed by atoms with Crippen molar-refractivity contribution in [2.75, 3.05) is 5.32 Å². The van der Waals surface area contributed by atoms with E-state index in [0.717, 1.165) is 43.4 Å². The van der Waals surface area contributed by atoms with E-state index < -0.39 is 15.3 Å². The van der Waals surface area contributed by atoms with Crippen LogP contribution >= 0.6 is 0 Å². The molecule has 1 saturated carbocycles. The average molecular weight is 458 g/mol. The second-order valence-electron chi connectivity index (χ2n) is 9.14. The Labute approximate surface area is 190 Å². The molecule has 1 aliphatic carbocycles. The van der Waals surface area contributed by atoms with Crippen LogP contribution in [0.3, 0.4) is 0 Å². The minimum Gasteiger partial charge on any atom is -0.382 e. The largest absolute Gasteiger partial charge is 0.382 e. The van der Waals surface area contributed by atoms with Crippen molar-refractivity contribution in [1.82, 2.24) is 4.31 Å². The van der Waals surface area contributed by atoms with Crippen molar-refractivity contribution < 1.29 is 12.8 Å². The molecule has 2 atom stereocenters. The van der Waals surface area contributed by atoms with Crippen LogP contribution < -0.4 is 5.32 Å². The number of hydrogen-bond acceptors (Lipinski definition) is 4. The van der Waals surface area contributed by atoms with E-state index >= 15 is 0 Å². The van der Waals surface area contributed by atoms with Gasteiger partial charge in [0.1, 0.15) is 11.1 Å². The molecule has 2 fully saturated rings. The molecular formula is C25H32FN3O2S. The van der Waals surface area contributed by atoms with Gasteiger partial charge in [0.05, 0.1) is 0 Å². The zero-order valence-corrected chi connectivity index (χ0v) is 19.3. The average Bonchev–Trinajstić information content (AvgIpc) is 2.79. The van der Waals surface area contributed by atoms with Gasteiger partial charge in [0.25, 0.3) is 0 Å². The Bertz CT molecular complexity index is 1040. The monoisotopic (exact) mass is 457 g/mol. The smallest absolute Gasteiger partial charge is 0.221 e. The first-order valence-corrected chi connectivity index (χ1v) is 13.0. The Balaban J connectivity index is 1.47. The molecule has 0 aromatic heterocycles. The van der Waals surface area contributed by atoms with Gasteiger partial charge in [0.2, 0.25) is 10.0 Å². The van der Waals surface area contributed by atoms with Crippen molar-refractivity contribution in [3.8, 4) is 0 Å². The van der Waals surface area contributed by atoms with Crippen LogP contribution in [0.25, 0.3) is 0 Å². The van der Waals surface area contributed by atoms with Gasteiger partial charge >= 0.3 is 0 Å². The van der Waals surface area contributed by atoms with E-state index in [1.807, 2.05) is 43.3 Å². The standard InChI is InChI=1S/C25H32FN3O2S/c1-18-7-14-25(20-5-3-2-4-6-20)32(30,31)29(18)17-21-10-13-23(15-24(21)26)28-22-11-8-19(16-27)9-12-22/h2-6,10,13,15-16,18-19,22,25,27-28H,7-9,11-12,14,17H2,1H3/t18-,19-,22+,25?/m0/s1. The molecule has 32 heavy (non-hydrogen) atoms. The van der Waals surface area contributed by atoms with E-state index in [1.165, 1.54) is 16.6 Å². The van der Waals surface area contributed by atoms with Crippen molar-refractivity contribution in [3.05, 3.63) is 65.5 Å². The van der Waals surface area contributed by atoms with Crippen LogP contribution in [0.2, 0.25) is 0 Å². The lowest BCUT2D eigenvalue weighted by molar-refractivity contribution is 0.279. The molecule has 7 heteroatoms. The van der Waals surface area contributed by atoms with Crippen LogP contribution in [-0.4, -0.2) is 31.0 Å². The Morgan fingerprint density at radius 2 is 1.78 bits per heavy atom. The maximum atomic E-state index is 15.0. The van der Waals surface area contributed by atoms with Crippen molar-refractivity contribution >= 4 is 21.9 Å². The van der Waals surface area contributed by atoms with Crippen LogP contribution in [0.1, 0.15) is 61.8 Å². The number of anilines is 1. The molecule has 1 heterocycles. The molecule has 2 aromatic rings. The number of hydrogen-bond donors (Lipinski definition) is 2. The molecule has 1 aliphatic heterocycles. The van der Waals surface area contributed by atoms with Gasteiger partial charge in [-0.25, -0.2) is 12.8 Å². The fraction of sp³-hybridized carbons (Fsp3) is 0.480. The highest BCUT2D eigenvalue weighted by atomic mass is 32.2. The molecule has 0 amide bonds. The molecular weight excluding hydrogens is 425 g/mol. The van der Waals surface area contributed by atoms with Gasteiger partial charge < -0.3 is 10.7 Å². The fourth-order valence-electron chi connectivity index (χ4n) is 4.95. The minimum atomic E-state index is -3.59. The first-order valence-electron chi connectivity index (χ1n) is 11.5. The van der Waals surface area contributed by atoms with Crippen LogP contribution in [-0.2, 0) is 16.6 Å². The number of halogens is 1. The number of rotatable bonds is 6. The lowest BCUT2D eigenvalue weighted by atomic mass is 9.87. The summed E-state index contributed by atoms with van der Waals surface area (Å²) >= 11 is 0. The third kappa shape index (κ3) is 4.89. The molecule has 0 radical (unpaired) electrons. The van der Waals surface area contributed by atoms with Crippen molar-refractivity contribution in [1.29, 1.82) is 5.41 Å². The summed E-state index contributed by atoms with van der Waals surface area (Å²) in [6, 6.07) is 14.4. The Hall–Kier alpha value is -2.25. The van der Waals surface area contributed by atoms with Gasteiger partial charge in [0, 0.05) is 29.9 Å². The number of benzene rings is 2. The summed E-state index contributed by atoms with van der Waals surface area (Å²) in [4.78, 5) is 0. The predicted octanol–water partition coefficient (Wildman–Crippen LogP) is 5.50. The van der Waals surface area contributed by atoms with Gasteiger partial charge in [-0.3, -0.25) is 0 Å². The maximum absolute atomic E-state index is 15.0. The topological polar surface area (TPSA) is 73.3 Å². The number of nitrogens with one attached hydrogen (secondary N) is 2. The summed E-state index contributed by atoms with van der Waals surface area (Å²) in [7, 11) is -3.59. The third-order valence-electron chi connectivity index (χ3n) is 6.95. The van der Waals surface area contributed by atoms with Crippen molar-refractivity contribution in [3.63, 3.8) is 0 Å². The second kappa shape index (κ2) is 9.71. The van der Waals surface area contributed by atoms with E-state index in [0.29, 0.717) is 17.9 Å².